The third-order valence-electron chi connectivity index (χ3n) is 5.63. The van der Waals surface area contributed by atoms with Crippen molar-refractivity contribution in [3.05, 3.63) is 35.4 Å². The summed E-state index contributed by atoms with van der Waals surface area (Å²) < 4.78 is 0. The van der Waals surface area contributed by atoms with Gasteiger partial charge in [-0.25, -0.2) is 0 Å². The first-order chi connectivity index (χ1) is 9.87. The van der Waals surface area contributed by atoms with Gasteiger partial charge in [-0.2, -0.15) is 0 Å². The number of hydrogen-bond acceptors (Lipinski definition) is 1. The maximum atomic E-state index is 6.91. The summed E-state index contributed by atoms with van der Waals surface area (Å²) in [6.07, 6.45) is 8.80. The van der Waals surface area contributed by atoms with E-state index in [0.717, 1.165) is 5.92 Å². The van der Waals surface area contributed by atoms with Crippen LogP contribution in [0, 0.1) is 11.3 Å². The number of fused-ring (bicyclic) bond motifs is 1. The van der Waals surface area contributed by atoms with E-state index in [-0.39, 0.29) is 5.54 Å². The largest absolute Gasteiger partial charge is 0.325 e. The molecule has 0 aromatic heterocycles. The molecule has 2 N–H and O–H groups in total. The minimum atomic E-state index is 0.0380. The van der Waals surface area contributed by atoms with Gasteiger partial charge in [-0.05, 0) is 73.3 Å². The molecule has 1 heteroatoms. The number of aryl methyl sites for hydroxylation is 1. The molecule has 1 aromatic rings. The number of nitrogens with two attached hydrogens (primary N) is 1. The molecule has 0 saturated heterocycles. The van der Waals surface area contributed by atoms with Gasteiger partial charge in [0.25, 0.3) is 0 Å². The molecule has 1 fully saturated rings. The van der Waals surface area contributed by atoms with Crippen LogP contribution in [0.5, 0.6) is 0 Å². The van der Waals surface area contributed by atoms with E-state index < -0.39 is 0 Å². The first-order valence-corrected chi connectivity index (χ1v) is 8.74. The molecule has 0 spiro atoms. The molecule has 2 aliphatic rings. The highest BCUT2D eigenvalue weighted by Crippen LogP contribution is 2.47. The van der Waals surface area contributed by atoms with Crippen molar-refractivity contribution in [3.8, 4) is 0 Å². The Hall–Kier alpha value is -0.820. The second-order valence-corrected chi connectivity index (χ2v) is 8.71. The summed E-state index contributed by atoms with van der Waals surface area (Å²) in [4.78, 5) is 0. The molecular weight excluding hydrogens is 254 g/mol. The lowest BCUT2D eigenvalue weighted by molar-refractivity contribution is 0.0954. The number of benzene rings is 1. The summed E-state index contributed by atoms with van der Waals surface area (Å²) in [6, 6.07) is 9.05. The summed E-state index contributed by atoms with van der Waals surface area (Å²) in [7, 11) is 0. The monoisotopic (exact) mass is 285 g/mol. The first-order valence-electron chi connectivity index (χ1n) is 8.74. The number of hydrogen-bond donors (Lipinski definition) is 1. The fourth-order valence-corrected chi connectivity index (χ4v) is 5.52. The average molecular weight is 285 g/mol. The Morgan fingerprint density at radius 2 is 1.95 bits per heavy atom. The van der Waals surface area contributed by atoms with Crippen LogP contribution in [0.3, 0.4) is 0 Å². The van der Waals surface area contributed by atoms with Crippen molar-refractivity contribution in [1.29, 1.82) is 0 Å². The van der Waals surface area contributed by atoms with E-state index in [1.165, 1.54) is 44.9 Å². The van der Waals surface area contributed by atoms with Gasteiger partial charge in [0.2, 0.25) is 0 Å². The highest BCUT2D eigenvalue weighted by atomic mass is 14.8. The Kier molecular flexibility index (Phi) is 3.90. The van der Waals surface area contributed by atoms with Gasteiger partial charge in [-0.15, -0.1) is 0 Å². The van der Waals surface area contributed by atoms with Gasteiger partial charge < -0.3 is 5.73 Å². The predicted octanol–water partition coefficient (Wildman–Crippen LogP) is 5.04. The molecule has 1 aromatic carbocycles. The summed E-state index contributed by atoms with van der Waals surface area (Å²) >= 11 is 0. The molecule has 1 nitrogen and oxygen atoms in total. The fourth-order valence-electron chi connectivity index (χ4n) is 5.52. The van der Waals surface area contributed by atoms with Gasteiger partial charge in [0, 0.05) is 5.54 Å². The first kappa shape index (κ1) is 15.1. The van der Waals surface area contributed by atoms with Crippen molar-refractivity contribution in [2.24, 2.45) is 17.1 Å². The molecule has 3 atom stereocenters. The van der Waals surface area contributed by atoms with Crippen LogP contribution in [0.2, 0.25) is 0 Å². The molecular formula is C20H31N. The maximum Gasteiger partial charge on any atom is 0.0167 e. The molecule has 116 valence electrons. The lowest BCUT2D eigenvalue weighted by Gasteiger charge is -2.47. The summed E-state index contributed by atoms with van der Waals surface area (Å²) in [5.74, 6) is 1.44. The van der Waals surface area contributed by atoms with Gasteiger partial charge in [0.05, 0.1) is 0 Å². The average Bonchev–Trinajstić information content (AvgIpc) is 2.35. The molecule has 0 amide bonds. The van der Waals surface area contributed by atoms with Crippen molar-refractivity contribution in [2.45, 2.75) is 77.2 Å². The minimum Gasteiger partial charge on any atom is -0.325 e. The Morgan fingerprint density at radius 1 is 1.19 bits per heavy atom. The van der Waals surface area contributed by atoms with Crippen molar-refractivity contribution in [1.82, 2.24) is 0 Å². The summed E-state index contributed by atoms with van der Waals surface area (Å²) in [5, 5.41) is 0. The lowest BCUT2D eigenvalue weighted by atomic mass is 9.61. The minimum absolute atomic E-state index is 0.0380. The predicted molar refractivity (Wildman–Crippen MR) is 90.5 cm³/mol. The van der Waals surface area contributed by atoms with Crippen molar-refractivity contribution in [2.75, 3.05) is 0 Å². The normalized spacial score (nSPS) is 35.2. The third kappa shape index (κ3) is 3.34. The zero-order chi connectivity index (χ0) is 15.1. The summed E-state index contributed by atoms with van der Waals surface area (Å²) in [6.45, 7) is 7.19. The maximum absolute atomic E-state index is 6.91. The molecule has 0 aliphatic heterocycles. The Morgan fingerprint density at radius 3 is 2.71 bits per heavy atom. The van der Waals surface area contributed by atoms with Gasteiger partial charge in [-0.1, -0.05) is 45.0 Å². The van der Waals surface area contributed by atoms with Crippen molar-refractivity contribution >= 4 is 0 Å². The van der Waals surface area contributed by atoms with Crippen LogP contribution in [-0.4, -0.2) is 5.54 Å². The molecule has 21 heavy (non-hydrogen) atoms. The van der Waals surface area contributed by atoms with Crippen LogP contribution in [0.4, 0.5) is 0 Å². The Labute approximate surface area is 130 Å². The van der Waals surface area contributed by atoms with E-state index in [1.54, 1.807) is 11.1 Å². The van der Waals surface area contributed by atoms with Gasteiger partial charge in [0.1, 0.15) is 0 Å². The molecule has 0 bridgehead atoms. The SMILES string of the molecule is CC1CC(C)(C)CC(N)(CC2CCCc3ccccc32)C1. The van der Waals surface area contributed by atoms with Gasteiger partial charge in [0.15, 0.2) is 0 Å². The van der Waals surface area contributed by atoms with Crippen molar-refractivity contribution in [3.63, 3.8) is 0 Å². The van der Waals surface area contributed by atoms with Crippen LogP contribution in [0.25, 0.3) is 0 Å². The van der Waals surface area contributed by atoms with E-state index in [1.807, 2.05) is 0 Å². The van der Waals surface area contributed by atoms with E-state index in [4.69, 9.17) is 5.73 Å². The van der Waals surface area contributed by atoms with Crippen LogP contribution in [-0.2, 0) is 6.42 Å². The quantitative estimate of drug-likeness (QED) is 0.809. The number of rotatable bonds is 2. The molecule has 0 radical (unpaired) electrons. The topological polar surface area (TPSA) is 26.0 Å². The second kappa shape index (κ2) is 5.43. The molecule has 3 unspecified atom stereocenters. The third-order valence-corrected chi connectivity index (χ3v) is 5.63. The second-order valence-electron chi connectivity index (χ2n) is 8.71. The van der Waals surface area contributed by atoms with Crippen LogP contribution in [0.1, 0.15) is 76.3 Å². The van der Waals surface area contributed by atoms with E-state index in [2.05, 4.69) is 45.0 Å². The highest BCUT2D eigenvalue weighted by Gasteiger charge is 2.41. The van der Waals surface area contributed by atoms with Crippen LogP contribution in [0.15, 0.2) is 24.3 Å². The van der Waals surface area contributed by atoms with Gasteiger partial charge in [-0.3, -0.25) is 0 Å². The van der Waals surface area contributed by atoms with E-state index in [9.17, 15) is 0 Å². The Bertz CT molecular complexity index is 504. The van der Waals surface area contributed by atoms with Gasteiger partial charge >= 0.3 is 0 Å². The smallest absolute Gasteiger partial charge is 0.0167 e. The zero-order valence-corrected chi connectivity index (χ0v) is 14.0. The molecule has 2 aliphatic carbocycles. The van der Waals surface area contributed by atoms with E-state index in [0.29, 0.717) is 11.3 Å². The lowest BCUT2D eigenvalue weighted by Crippen LogP contribution is -2.50. The summed E-state index contributed by atoms with van der Waals surface area (Å²) in [5.41, 5.74) is 10.5. The fraction of sp³-hybridized carbons (Fsp3) is 0.700. The highest BCUT2D eigenvalue weighted by molar-refractivity contribution is 5.33. The zero-order valence-electron chi connectivity index (χ0n) is 14.0. The van der Waals surface area contributed by atoms with Crippen LogP contribution >= 0.6 is 0 Å². The molecule has 3 rings (SSSR count). The molecule has 0 heterocycles. The Balaban J connectivity index is 1.80. The molecule has 1 saturated carbocycles. The van der Waals surface area contributed by atoms with E-state index >= 15 is 0 Å². The standard InChI is InChI=1S/C20H31N/c1-15-11-19(2,3)14-20(21,12-15)13-17-9-6-8-16-7-4-5-10-18(16)17/h4-5,7,10,15,17H,6,8-9,11-14,21H2,1-3H3. The van der Waals surface area contributed by atoms with Crippen molar-refractivity contribution < 1.29 is 0 Å². The van der Waals surface area contributed by atoms with Crippen LogP contribution < -0.4 is 5.73 Å².